The van der Waals surface area contributed by atoms with Gasteiger partial charge in [-0.25, -0.2) is 0 Å². The molecule has 12 heavy (non-hydrogen) atoms. The summed E-state index contributed by atoms with van der Waals surface area (Å²) in [5.74, 6) is 0. The van der Waals surface area contributed by atoms with Gasteiger partial charge in [0.2, 0.25) is 0 Å². The molecule has 0 saturated heterocycles. The molecule has 1 nitrogen and oxygen atoms in total. The number of allylic oxidation sites excluding steroid dienone is 1. The van der Waals surface area contributed by atoms with Crippen molar-refractivity contribution in [1.82, 2.24) is 0 Å². The molecular weight excluding hydrogens is 170 g/mol. The number of nitrogens with two attached hydrogens (primary N) is 1. The molecule has 0 radical (unpaired) electrons. The number of hydrogen-bond acceptors (Lipinski definition) is 1. The molecule has 0 bridgehead atoms. The van der Waals surface area contributed by atoms with Gasteiger partial charge >= 0.3 is 0 Å². The zero-order valence-corrected chi connectivity index (χ0v) is 7.86. The van der Waals surface area contributed by atoms with Crippen LogP contribution >= 0.6 is 11.6 Å². The van der Waals surface area contributed by atoms with E-state index in [4.69, 9.17) is 17.3 Å². The smallest absolute Gasteiger partial charge is 0.0426 e. The van der Waals surface area contributed by atoms with Crippen LogP contribution in [0, 0.1) is 0 Å². The first kappa shape index (κ1) is 9.14. The predicted octanol–water partition coefficient (Wildman–Crippen LogP) is 3.04. The summed E-state index contributed by atoms with van der Waals surface area (Å²) in [4.78, 5) is 0. The fourth-order valence-electron chi connectivity index (χ4n) is 1.05. The van der Waals surface area contributed by atoms with Crippen LogP contribution in [0.2, 0.25) is 5.02 Å². The van der Waals surface area contributed by atoms with Gasteiger partial charge in [0.15, 0.2) is 0 Å². The van der Waals surface area contributed by atoms with Gasteiger partial charge in [0.25, 0.3) is 0 Å². The fraction of sp³-hybridized carbons (Fsp3) is 0.200. The molecule has 0 aliphatic rings. The molecule has 0 aliphatic carbocycles. The van der Waals surface area contributed by atoms with Crippen molar-refractivity contribution >= 4 is 17.3 Å². The molecule has 0 aliphatic heterocycles. The van der Waals surface area contributed by atoms with Gasteiger partial charge in [-0.15, -0.1) is 0 Å². The topological polar surface area (TPSA) is 26.0 Å². The Labute approximate surface area is 77.8 Å². The van der Waals surface area contributed by atoms with E-state index >= 15 is 0 Å². The first-order valence-corrected chi connectivity index (χ1v) is 4.15. The lowest BCUT2D eigenvalue weighted by Crippen LogP contribution is -1.94. The van der Waals surface area contributed by atoms with Crippen molar-refractivity contribution in [3.05, 3.63) is 40.9 Å². The van der Waals surface area contributed by atoms with E-state index < -0.39 is 0 Å². The second-order valence-electron chi connectivity index (χ2n) is 2.98. The quantitative estimate of drug-likeness (QED) is 0.551. The third kappa shape index (κ3) is 2.28. The molecule has 0 aromatic heterocycles. The Morgan fingerprint density at radius 1 is 1.58 bits per heavy atom. The van der Waals surface area contributed by atoms with Gasteiger partial charge in [-0.1, -0.05) is 29.8 Å². The monoisotopic (exact) mass is 181 g/mol. The Hall–Kier alpha value is -0.950. The van der Waals surface area contributed by atoms with E-state index in [9.17, 15) is 0 Å². The molecule has 0 fully saturated rings. The van der Waals surface area contributed by atoms with Crippen LogP contribution in [0.3, 0.4) is 0 Å². The molecule has 1 rings (SSSR count). The van der Waals surface area contributed by atoms with Crippen molar-refractivity contribution in [1.29, 1.82) is 0 Å². The fourth-order valence-corrected chi connectivity index (χ4v) is 1.23. The number of anilines is 1. The highest BCUT2D eigenvalue weighted by Gasteiger charge is 1.99. The molecule has 2 N–H and O–H groups in total. The molecule has 0 spiro atoms. The highest BCUT2D eigenvalue weighted by Crippen LogP contribution is 2.19. The molecule has 0 unspecified atom stereocenters. The van der Waals surface area contributed by atoms with Gasteiger partial charge in [0.1, 0.15) is 0 Å². The summed E-state index contributed by atoms with van der Waals surface area (Å²) in [7, 11) is 0. The average Bonchev–Trinajstić information content (AvgIpc) is 1.94. The van der Waals surface area contributed by atoms with E-state index in [-0.39, 0.29) is 0 Å². The van der Waals surface area contributed by atoms with Crippen molar-refractivity contribution < 1.29 is 0 Å². The van der Waals surface area contributed by atoms with Crippen molar-refractivity contribution in [2.75, 3.05) is 5.73 Å². The summed E-state index contributed by atoms with van der Waals surface area (Å²) in [6.45, 7) is 5.81. The third-order valence-corrected chi connectivity index (χ3v) is 1.84. The lowest BCUT2D eigenvalue weighted by atomic mass is 10.1. The average molecular weight is 182 g/mol. The Morgan fingerprint density at radius 2 is 2.25 bits per heavy atom. The van der Waals surface area contributed by atoms with Gasteiger partial charge < -0.3 is 5.73 Å². The normalized spacial score (nSPS) is 9.83. The minimum atomic E-state index is 0.679. The molecule has 1 aromatic carbocycles. The van der Waals surface area contributed by atoms with Crippen LogP contribution in [0.5, 0.6) is 0 Å². The maximum atomic E-state index is 5.75. The van der Waals surface area contributed by atoms with Gasteiger partial charge in [0.05, 0.1) is 0 Å². The Kier molecular flexibility index (Phi) is 2.77. The third-order valence-electron chi connectivity index (χ3n) is 1.60. The van der Waals surface area contributed by atoms with Crippen LogP contribution < -0.4 is 5.73 Å². The molecule has 1 aromatic rings. The van der Waals surface area contributed by atoms with Crippen LogP contribution in [0.15, 0.2) is 30.4 Å². The summed E-state index contributed by atoms with van der Waals surface area (Å²) in [6, 6.07) is 5.54. The lowest BCUT2D eigenvalue weighted by Gasteiger charge is -2.04. The molecule has 2 heteroatoms. The van der Waals surface area contributed by atoms with Crippen molar-refractivity contribution in [2.24, 2.45) is 0 Å². The highest BCUT2D eigenvalue weighted by atomic mass is 35.5. The van der Waals surface area contributed by atoms with E-state index in [0.717, 1.165) is 23.2 Å². The largest absolute Gasteiger partial charge is 0.398 e. The van der Waals surface area contributed by atoms with Crippen molar-refractivity contribution in [2.45, 2.75) is 13.3 Å². The van der Waals surface area contributed by atoms with Crippen LogP contribution in [0.1, 0.15) is 12.5 Å². The lowest BCUT2D eigenvalue weighted by molar-refractivity contribution is 1.16. The van der Waals surface area contributed by atoms with Crippen molar-refractivity contribution in [3.63, 3.8) is 0 Å². The molecule has 64 valence electrons. The summed E-state index contributed by atoms with van der Waals surface area (Å²) in [5.41, 5.74) is 8.68. The van der Waals surface area contributed by atoms with Gasteiger partial charge in [0, 0.05) is 10.7 Å². The standard InChI is InChI=1S/C10H12ClN/c1-7(2)5-8-3-4-9(11)6-10(8)12/h3-4,6H,1,5,12H2,2H3. The van der Waals surface area contributed by atoms with E-state index in [0.29, 0.717) is 5.02 Å². The number of rotatable bonds is 2. The molecular formula is C10H12ClN. The Morgan fingerprint density at radius 3 is 2.75 bits per heavy atom. The van der Waals surface area contributed by atoms with Gasteiger partial charge in [-0.3, -0.25) is 0 Å². The number of nitrogen functional groups attached to an aromatic ring is 1. The predicted molar refractivity (Wildman–Crippen MR) is 54.4 cm³/mol. The molecule has 0 saturated carbocycles. The van der Waals surface area contributed by atoms with E-state index in [1.54, 1.807) is 6.07 Å². The minimum absolute atomic E-state index is 0.679. The first-order chi connectivity index (χ1) is 5.59. The molecule has 0 amide bonds. The first-order valence-electron chi connectivity index (χ1n) is 3.78. The van der Waals surface area contributed by atoms with Gasteiger partial charge in [-0.05, 0) is 31.0 Å². The summed E-state index contributed by atoms with van der Waals surface area (Å²) in [6.07, 6.45) is 0.822. The van der Waals surface area contributed by atoms with Crippen LogP contribution in [0.25, 0.3) is 0 Å². The zero-order valence-electron chi connectivity index (χ0n) is 7.10. The van der Waals surface area contributed by atoms with E-state index in [1.165, 1.54) is 0 Å². The number of hydrogen-bond donors (Lipinski definition) is 1. The highest BCUT2D eigenvalue weighted by molar-refractivity contribution is 6.30. The maximum absolute atomic E-state index is 5.75. The van der Waals surface area contributed by atoms with Gasteiger partial charge in [-0.2, -0.15) is 0 Å². The SMILES string of the molecule is C=C(C)Cc1ccc(Cl)cc1N. The summed E-state index contributed by atoms with van der Waals surface area (Å²) >= 11 is 5.75. The number of benzene rings is 1. The summed E-state index contributed by atoms with van der Waals surface area (Å²) < 4.78 is 0. The Balaban J connectivity index is 2.93. The zero-order chi connectivity index (χ0) is 9.14. The van der Waals surface area contributed by atoms with Crippen molar-refractivity contribution in [3.8, 4) is 0 Å². The van der Waals surface area contributed by atoms with E-state index in [1.807, 2.05) is 19.1 Å². The molecule has 0 heterocycles. The summed E-state index contributed by atoms with van der Waals surface area (Å²) in [5, 5.41) is 0.679. The Bertz CT molecular complexity index is 305. The van der Waals surface area contributed by atoms with Crippen LogP contribution in [-0.4, -0.2) is 0 Å². The second kappa shape index (κ2) is 3.63. The minimum Gasteiger partial charge on any atom is -0.398 e. The van der Waals surface area contributed by atoms with E-state index in [2.05, 4.69) is 6.58 Å². The van der Waals surface area contributed by atoms with Crippen LogP contribution in [0.4, 0.5) is 5.69 Å². The maximum Gasteiger partial charge on any atom is 0.0426 e. The number of halogens is 1. The van der Waals surface area contributed by atoms with Crippen LogP contribution in [-0.2, 0) is 6.42 Å². The molecule has 0 atom stereocenters. The second-order valence-corrected chi connectivity index (χ2v) is 3.41.